The molecule has 1 aromatic rings. The number of rotatable bonds is 2. The summed E-state index contributed by atoms with van der Waals surface area (Å²) in [5.41, 5.74) is 0.212. The molecule has 1 fully saturated rings. The molecule has 1 aliphatic heterocycles. The number of para-hydroxylation sites is 1. The molecule has 1 amide bonds. The van der Waals surface area contributed by atoms with Crippen LogP contribution >= 0.6 is 0 Å². The van der Waals surface area contributed by atoms with Crippen LogP contribution in [0.3, 0.4) is 0 Å². The van der Waals surface area contributed by atoms with E-state index >= 15 is 0 Å². The minimum Gasteiger partial charge on any atom is -0.469 e. The molecule has 0 saturated carbocycles. The van der Waals surface area contributed by atoms with Gasteiger partial charge in [0.25, 0.3) is 0 Å². The standard InChI is InChI=1S/C12H12FNO3/c1-17-12(16)8-6-11(15)14(7-8)10-5-3-2-4-9(10)13/h2-5,8H,6-7H2,1H3. The average Bonchev–Trinajstić information content (AvgIpc) is 2.71. The number of benzene rings is 1. The van der Waals surface area contributed by atoms with Gasteiger partial charge in [0.15, 0.2) is 0 Å². The molecule has 1 aliphatic rings. The predicted molar refractivity (Wildman–Crippen MR) is 58.9 cm³/mol. The van der Waals surface area contributed by atoms with Crippen LogP contribution in [0.15, 0.2) is 24.3 Å². The molecule has 0 aromatic heterocycles. The van der Waals surface area contributed by atoms with Gasteiger partial charge in [-0.15, -0.1) is 0 Å². The zero-order valence-electron chi connectivity index (χ0n) is 9.35. The second-order valence-electron chi connectivity index (χ2n) is 3.88. The number of methoxy groups -OCH3 is 1. The van der Waals surface area contributed by atoms with Crippen molar-refractivity contribution in [1.82, 2.24) is 0 Å². The Morgan fingerprint density at radius 3 is 2.82 bits per heavy atom. The lowest BCUT2D eigenvalue weighted by Gasteiger charge is -2.16. The van der Waals surface area contributed by atoms with Crippen LogP contribution in [0, 0.1) is 11.7 Å². The summed E-state index contributed by atoms with van der Waals surface area (Å²) >= 11 is 0. The van der Waals surface area contributed by atoms with Gasteiger partial charge in [-0.2, -0.15) is 0 Å². The summed E-state index contributed by atoms with van der Waals surface area (Å²) in [6.07, 6.45) is 0.0704. The monoisotopic (exact) mass is 237 g/mol. The maximum Gasteiger partial charge on any atom is 0.311 e. The largest absolute Gasteiger partial charge is 0.469 e. The van der Waals surface area contributed by atoms with Crippen LogP contribution in [-0.4, -0.2) is 25.5 Å². The van der Waals surface area contributed by atoms with Crippen LogP contribution in [0.25, 0.3) is 0 Å². The highest BCUT2D eigenvalue weighted by Crippen LogP contribution is 2.27. The van der Waals surface area contributed by atoms with Crippen molar-refractivity contribution in [1.29, 1.82) is 0 Å². The Balaban J connectivity index is 2.22. The Morgan fingerprint density at radius 2 is 2.18 bits per heavy atom. The van der Waals surface area contributed by atoms with Gasteiger partial charge < -0.3 is 9.64 Å². The number of halogens is 1. The maximum absolute atomic E-state index is 13.5. The van der Waals surface area contributed by atoms with Gasteiger partial charge in [0, 0.05) is 13.0 Å². The van der Waals surface area contributed by atoms with Crippen molar-refractivity contribution in [2.24, 2.45) is 5.92 Å². The third-order valence-electron chi connectivity index (χ3n) is 2.80. The van der Waals surface area contributed by atoms with Crippen molar-refractivity contribution < 1.29 is 18.7 Å². The minimum atomic E-state index is -0.507. The third-order valence-corrected chi connectivity index (χ3v) is 2.80. The van der Waals surface area contributed by atoms with Gasteiger partial charge in [0.2, 0.25) is 5.91 Å². The number of carbonyl (C=O) groups excluding carboxylic acids is 2. The van der Waals surface area contributed by atoms with E-state index in [1.165, 1.54) is 24.1 Å². The fourth-order valence-electron chi connectivity index (χ4n) is 1.94. The number of hydrogen-bond acceptors (Lipinski definition) is 3. The molecule has 90 valence electrons. The number of esters is 1. The molecule has 5 heteroatoms. The quantitative estimate of drug-likeness (QED) is 0.729. The Labute approximate surface area is 98.0 Å². The summed E-state index contributed by atoms with van der Waals surface area (Å²) in [4.78, 5) is 24.3. The summed E-state index contributed by atoms with van der Waals surface area (Å²) in [7, 11) is 1.28. The van der Waals surface area contributed by atoms with Crippen LogP contribution < -0.4 is 4.90 Å². The van der Waals surface area contributed by atoms with Crippen molar-refractivity contribution in [2.45, 2.75) is 6.42 Å². The number of ether oxygens (including phenoxy) is 1. The third kappa shape index (κ3) is 2.13. The zero-order valence-corrected chi connectivity index (χ0v) is 9.35. The first kappa shape index (κ1) is 11.6. The summed E-state index contributed by atoms with van der Waals surface area (Å²) in [6, 6.07) is 6.01. The van der Waals surface area contributed by atoms with E-state index in [1.54, 1.807) is 12.1 Å². The van der Waals surface area contributed by atoms with E-state index < -0.39 is 17.7 Å². The molecule has 1 aromatic carbocycles. The van der Waals surface area contributed by atoms with E-state index in [0.717, 1.165) is 0 Å². The van der Waals surface area contributed by atoms with Gasteiger partial charge in [-0.25, -0.2) is 4.39 Å². The van der Waals surface area contributed by atoms with Crippen LogP contribution in [0.2, 0.25) is 0 Å². The SMILES string of the molecule is COC(=O)C1CC(=O)N(c2ccccc2F)C1. The molecule has 0 radical (unpaired) electrons. The van der Waals surface area contributed by atoms with Crippen LogP contribution in [-0.2, 0) is 14.3 Å². The second kappa shape index (κ2) is 4.53. The minimum absolute atomic E-state index is 0.0704. The number of carbonyl (C=O) groups is 2. The van der Waals surface area contributed by atoms with Crippen LogP contribution in [0.5, 0.6) is 0 Å². The maximum atomic E-state index is 13.5. The Morgan fingerprint density at radius 1 is 1.47 bits per heavy atom. The van der Waals surface area contributed by atoms with Gasteiger partial charge in [-0.1, -0.05) is 12.1 Å². The van der Waals surface area contributed by atoms with Gasteiger partial charge in [0.1, 0.15) is 5.82 Å². The topological polar surface area (TPSA) is 46.6 Å². The van der Waals surface area contributed by atoms with Crippen LogP contribution in [0.1, 0.15) is 6.42 Å². The molecular weight excluding hydrogens is 225 g/mol. The van der Waals surface area contributed by atoms with E-state index in [2.05, 4.69) is 4.74 Å². The molecule has 1 heterocycles. The first-order valence-corrected chi connectivity index (χ1v) is 5.26. The first-order valence-electron chi connectivity index (χ1n) is 5.26. The fourth-order valence-corrected chi connectivity index (χ4v) is 1.94. The highest BCUT2D eigenvalue weighted by Gasteiger charge is 2.36. The zero-order chi connectivity index (χ0) is 12.4. The van der Waals surface area contributed by atoms with Crippen molar-refractivity contribution in [3.05, 3.63) is 30.1 Å². The van der Waals surface area contributed by atoms with E-state index in [1.807, 2.05) is 0 Å². The molecule has 0 N–H and O–H groups in total. The van der Waals surface area contributed by atoms with Gasteiger partial charge in [-0.05, 0) is 12.1 Å². The highest BCUT2D eigenvalue weighted by molar-refractivity contribution is 5.99. The summed E-state index contributed by atoms with van der Waals surface area (Å²) in [6.45, 7) is 0.173. The molecule has 2 rings (SSSR count). The molecule has 1 atom stereocenters. The smallest absolute Gasteiger partial charge is 0.311 e. The normalized spacial score (nSPS) is 19.5. The average molecular weight is 237 g/mol. The molecular formula is C12H12FNO3. The van der Waals surface area contributed by atoms with E-state index in [9.17, 15) is 14.0 Å². The molecule has 1 saturated heterocycles. The van der Waals surface area contributed by atoms with Crippen molar-refractivity contribution in [2.75, 3.05) is 18.6 Å². The number of anilines is 1. The molecule has 0 aliphatic carbocycles. The fraction of sp³-hybridized carbons (Fsp3) is 0.333. The molecule has 4 nitrogen and oxygen atoms in total. The van der Waals surface area contributed by atoms with Crippen LogP contribution in [0.4, 0.5) is 10.1 Å². The number of amides is 1. The van der Waals surface area contributed by atoms with Gasteiger partial charge in [-0.3, -0.25) is 9.59 Å². The summed E-state index contributed by atoms with van der Waals surface area (Å²) in [5, 5.41) is 0. The predicted octanol–water partition coefficient (Wildman–Crippen LogP) is 1.35. The molecule has 17 heavy (non-hydrogen) atoms. The van der Waals surface area contributed by atoms with E-state index in [0.29, 0.717) is 0 Å². The van der Waals surface area contributed by atoms with E-state index in [-0.39, 0.29) is 24.6 Å². The lowest BCUT2D eigenvalue weighted by molar-refractivity contribution is -0.145. The lowest BCUT2D eigenvalue weighted by Crippen LogP contribution is -2.26. The number of nitrogens with zero attached hydrogens (tertiary/aromatic N) is 1. The molecule has 0 bridgehead atoms. The van der Waals surface area contributed by atoms with Gasteiger partial charge >= 0.3 is 5.97 Å². The van der Waals surface area contributed by atoms with Crippen molar-refractivity contribution in [3.63, 3.8) is 0 Å². The molecule has 1 unspecified atom stereocenters. The summed E-state index contributed by atoms with van der Waals surface area (Å²) in [5.74, 6) is -1.67. The Hall–Kier alpha value is -1.91. The second-order valence-corrected chi connectivity index (χ2v) is 3.88. The lowest BCUT2D eigenvalue weighted by atomic mass is 10.1. The van der Waals surface area contributed by atoms with Crippen molar-refractivity contribution >= 4 is 17.6 Å². The Kier molecular flexibility index (Phi) is 3.08. The van der Waals surface area contributed by atoms with Gasteiger partial charge in [0.05, 0.1) is 18.7 Å². The first-order chi connectivity index (χ1) is 8.13. The molecule has 0 spiro atoms. The highest BCUT2D eigenvalue weighted by atomic mass is 19.1. The van der Waals surface area contributed by atoms with E-state index in [4.69, 9.17) is 0 Å². The van der Waals surface area contributed by atoms with Crippen molar-refractivity contribution in [3.8, 4) is 0 Å². The number of hydrogen-bond donors (Lipinski definition) is 0. The summed E-state index contributed by atoms with van der Waals surface area (Å²) < 4.78 is 18.1. The Bertz CT molecular complexity index is 461.